The number of carbonyl (C=O) groups excluding carboxylic acids is 1. The number of halogens is 5. The second-order valence-corrected chi connectivity index (χ2v) is 12.3. The first-order chi connectivity index (χ1) is 16.8. The number of aliphatic hydroxyl groups is 1. The summed E-state index contributed by atoms with van der Waals surface area (Å²) in [5, 5.41) is 11.3. The molecule has 0 saturated heterocycles. The van der Waals surface area contributed by atoms with Gasteiger partial charge in [-0.05, 0) is 91.0 Å². The second kappa shape index (κ2) is 8.69. The maximum absolute atomic E-state index is 15.0. The highest BCUT2D eigenvalue weighted by Crippen LogP contribution is 2.70. The van der Waals surface area contributed by atoms with E-state index in [1.165, 1.54) is 6.92 Å². The SMILES string of the molecule is CCSc1ccc([C@H]2C[C@@]3(C)[C@@H](CC[C@]3(O)C(F)(F)C(F)(F)F)[C@@H]3CCC4=CC(=O)CCC4=C32)cc1. The van der Waals surface area contributed by atoms with Gasteiger partial charge in [0.05, 0.1) is 0 Å². The Morgan fingerprint density at radius 2 is 1.75 bits per heavy atom. The third kappa shape index (κ3) is 3.64. The van der Waals surface area contributed by atoms with Crippen LogP contribution in [0.2, 0.25) is 0 Å². The van der Waals surface area contributed by atoms with E-state index in [1.54, 1.807) is 17.8 Å². The molecule has 0 spiro atoms. The Kier molecular flexibility index (Phi) is 6.26. The van der Waals surface area contributed by atoms with Crippen LogP contribution in [-0.2, 0) is 4.79 Å². The van der Waals surface area contributed by atoms with E-state index in [2.05, 4.69) is 0 Å². The number of alkyl halides is 5. The molecule has 4 aliphatic carbocycles. The van der Waals surface area contributed by atoms with Crippen LogP contribution in [0.4, 0.5) is 22.0 Å². The minimum Gasteiger partial charge on any atom is -0.383 e. The molecule has 2 fully saturated rings. The topological polar surface area (TPSA) is 37.3 Å². The Hall–Kier alpha value is -1.67. The number of thioether (sulfide) groups is 1. The van der Waals surface area contributed by atoms with Crippen molar-refractivity contribution in [2.75, 3.05) is 5.75 Å². The average Bonchev–Trinajstić information content (AvgIpc) is 3.10. The van der Waals surface area contributed by atoms with Crippen molar-refractivity contribution in [2.24, 2.45) is 17.3 Å². The smallest absolute Gasteiger partial charge is 0.383 e. The molecule has 5 rings (SSSR count). The van der Waals surface area contributed by atoms with Gasteiger partial charge in [-0.1, -0.05) is 31.6 Å². The van der Waals surface area contributed by atoms with Crippen LogP contribution in [-0.4, -0.2) is 34.3 Å². The van der Waals surface area contributed by atoms with Gasteiger partial charge in [0.15, 0.2) is 5.78 Å². The van der Waals surface area contributed by atoms with Gasteiger partial charge in [-0.3, -0.25) is 4.79 Å². The van der Waals surface area contributed by atoms with Crippen molar-refractivity contribution in [3.05, 3.63) is 52.6 Å². The molecule has 5 atom stereocenters. The average molecular weight is 527 g/mol. The van der Waals surface area contributed by atoms with E-state index < -0.39 is 41.4 Å². The predicted molar refractivity (Wildman–Crippen MR) is 129 cm³/mol. The molecule has 0 amide bonds. The summed E-state index contributed by atoms with van der Waals surface area (Å²) >= 11 is 1.67. The Morgan fingerprint density at radius 3 is 2.39 bits per heavy atom. The van der Waals surface area contributed by atoms with Gasteiger partial charge in [-0.2, -0.15) is 22.0 Å². The number of ketones is 1. The maximum atomic E-state index is 15.0. The van der Waals surface area contributed by atoms with Crippen molar-refractivity contribution in [3.63, 3.8) is 0 Å². The van der Waals surface area contributed by atoms with Crippen LogP contribution >= 0.6 is 11.8 Å². The van der Waals surface area contributed by atoms with E-state index in [4.69, 9.17) is 0 Å². The minimum atomic E-state index is -5.83. The van der Waals surface area contributed by atoms with E-state index in [-0.39, 0.29) is 24.5 Å². The van der Waals surface area contributed by atoms with Crippen LogP contribution in [0.15, 0.2) is 52.0 Å². The molecule has 8 heteroatoms. The highest BCUT2D eigenvalue weighted by molar-refractivity contribution is 7.99. The standard InChI is InChI=1S/C28H31F5O2S/c1-3-36-19-8-4-16(5-9-19)22-15-25(2)23(12-13-26(25,35)27(29,30)28(31,32)33)21-10-6-17-14-18(34)7-11-20(17)24(21)22/h4-5,8-9,14,21-23,35H,3,6-7,10-13,15H2,1-2H3/t21-,22+,23-,25-,26+/m0/s1. The van der Waals surface area contributed by atoms with E-state index in [9.17, 15) is 23.1 Å². The van der Waals surface area contributed by atoms with E-state index in [1.807, 2.05) is 31.2 Å². The molecule has 1 aromatic rings. The lowest BCUT2D eigenvalue weighted by atomic mass is 9.50. The van der Waals surface area contributed by atoms with Gasteiger partial charge in [-0.25, -0.2) is 0 Å². The molecule has 2 saturated carbocycles. The molecule has 0 heterocycles. The fourth-order valence-electron chi connectivity index (χ4n) is 7.68. The van der Waals surface area contributed by atoms with Gasteiger partial charge >= 0.3 is 12.1 Å². The molecular weight excluding hydrogens is 495 g/mol. The zero-order valence-electron chi connectivity index (χ0n) is 20.4. The van der Waals surface area contributed by atoms with Crippen LogP contribution in [0.3, 0.4) is 0 Å². The summed E-state index contributed by atoms with van der Waals surface area (Å²) in [7, 11) is 0. The number of hydrogen-bond acceptors (Lipinski definition) is 3. The van der Waals surface area contributed by atoms with Crippen molar-refractivity contribution >= 4 is 17.5 Å². The molecule has 2 nitrogen and oxygen atoms in total. The molecule has 196 valence electrons. The number of fused-ring (bicyclic) bond motifs is 4. The molecule has 0 aromatic heterocycles. The number of benzene rings is 1. The Bertz CT molecular complexity index is 1120. The predicted octanol–water partition coefficient (Wildman–Crippen LogP) is 7.63. The van der Waals surface area contributed by atoms with Crippen LogP contribution in [0.1, 0.15) is 70.3 Å². The Morgan fingerprint density at radius 1 is 1.06 bits per heavy atom. The van der Waals surface area contributed by atoms with Gasteiger partial charge in [0.2, 0.25) is 0 Å². The molecular formula is C28H31F5O2S. The number of carbonyl (C=O) groups is 1. The largest absolute Gasteiger partial charge is 0.456 e. The molecule has 0 radical (unpaired) electrons. The lowest BCUT2D eigenvalue weighted by Crippen LogP contribution is -2.65. The quantitative estimate of drug-likeness (QED) is 0.324. The molecule has 0 aliphatic heterocycles. The third-order valence-electron chi connectivity index (χ3n) is 9.36. The fourth-order valence-corrected chi connectivity index (χ4v) is 8.34. The maximum Gasteiger partial charge on any atom is 0.456 e. The summed E-state index contributed by atoms with van der Waals surface area (Å²) in [5.41, 5.74) is -0.758. The summed E-state index contributed by atoms with van der Waals surface area (Å²) in [4.78, 5) is 13.2. The number of rotatable bonds is 4. The Labute approximate surface area is 212 Å². The summed E-state index contributed by atoms with van der Waals surface area (Å²) in [6.45, 7) is 3.50. The summed E-state index contributed by atoms with van der Waals surface area (Å²) < 4.78 is 70.9. The molecule has 4 aliphatic rings. The normalized spacial score (nSPS) is 34.7. The van der Waals surface area contributed by atoms with E-state index in [0.717, 1.165) is 32.9 Å². The molecule has 0 bridgehead atoms. The zero-order valence-corrected chi connectivity index (χ0v) is 21.2. The van der Waals surface area contributed by atoms with Crippen molar-refractivity contribution in [2.45, 2.75) is 87.3 Å². The van der Waals surface area contributed by atoms with Crippen molar-refractivity contribution < 1.29 is 31.9 Å². The summed E-state index contributed by atoms with van der Waals surface area (Å²) in [6.07, 6.45) is -2.45. The van der Waals surface area contributed by atoms with Crippen molar-refractivity contribution in [1.82, 2.24) is 0 Å². The van der Waals surface area contributed by atoms with Gasteiger partial charge < -0.3 is 5.11 Å². The van der Waals surface area contributed by atoms with Crippen molar-refractivity contribution in [3.8, 4) is 0 Å². The van der Waals surface area contributed by atoms with Crippen LogP contribution in [0, 0.1) is 17.3 Å². The first-order valence-corrected chi connectivity index (χ1v) is 13.7. The van der Waals surface area contributed by atoms with Crippen LogP contribution < -0.4 is 0 Å². The minimum absolute atomic E-state index is 0.0106. The Balaban J connectivity index is 1.67. The number of hydrogen-bond donors (Lipinski definition) is 1. The van der Waals surface area contributed by atoms with Crippen LogP contribution in [0.25, 0.3) is 0 Å². The monoisotopic (exact) mass is 526 g/mol. The van der Waals surface area contributed by atoms with Gasteiger partial charge in [-0.15, -0.1) is 11.8 Å². The van der Waals surface area contributed by atoms with Gasteiger partial charge in [0.25, 0.3) is 0 Å². The molecule has 1 aromatic carbocycles. The molecule has 36 heavy (non-hydrogen) atoms. The van der Waals surface area contributed by atoms with Crippen LogP contribution in [0.5, 0.6) is 0 Å². The lowest BCUT2D eigenvalue weighted by molar-refractivity contribution is -0.362. The first-order valence-electron chi connectivity index (χ1n) is 12.7. The van der Waals surface area contributed by atoms with E-state index in [0.29, 0.717) is 25.7 Å². The summed E-state index contributed by atoms with van der Waals surface area (Å²) in [5.74, 6) is -5.32. The molecule has 0 unspecified atom stereocenters. The van der Waals surface area contributed by atoms with E-state index >= 15 is 8.78 Å². The van der Waals surface area contributed by atoms with Gasteiger partial charge in [0.1, 0.15) is 5.60 Å². The summed E-state index contributed by atoms with van der Waals surface area (Å²) in [6, 6.07) is 7.82. The lowest BCUT2D eigenvalue weighted by Gasteiger charge is -2.56. The number of allylic oxidation sites excluding steroid dienone is 4. The molecule has 1 N–H and O–H groups in total. The fraction of sp³-hybridized carbons (Fsp3) is 0.607. The zero-order chi connectivity index (χ0) is 26.1. The highest BCUT2D eigenvalue weighted by atomic mass is 32.2. The second-order valence-electron chi connectivity index (χ2n) is 11.0. The highest BCUT2D eigenvalue weighted by Gasteiger charge is 2.79. The first kappa shape index (κ1) is 26.0. The van der Waals surface area contributed by atoms with Gasteiger partial charge in [0, 0.05) is 22.6 Å². The third-order valence-corrected chi connectivity index (χ3v) is 10.2. The van der Waals surface area contributed by atoms with Crippen molar-refractivity contribution in [1.29, 1.82) is 0 Å².